The summed E-state index contributed by atoms with van der Waals surface area (Å²) in [7, 11) is 0. The number of ether oxygens (including phenoxy) is 3. The maximum absolute atomic E-state index is 12.0. The molecule has 0 amide bonds. The first-order valence-corrected chi connectivity index (χ1v) is 9.96. The van der Waals surface area contributed by atoms with Gasteiger partial charge in [-0.3, -0.25) is 0 Å². The third kappa shape index (κ3) is 5.43. The Bertz CT molecular complexity index is 1110. The molecule has 0 aliphatic rings. The summed E-state index contributed by atoms with van der Waals surface area (Å²) in [6.07, 6.45) is 2.12. The van der Waals surface area contributed by atoms with E-state index in [1.807, 2.05) is 66.4 Å². The van der Waals surface area contributed by atoms with Crippen molar-refractivity contribution in [3.8, 4) is 17.2 Å². The fourth-order valence-corrected chi connectivity index (χ4v) is 2.99. The Labute approximate surface area is 187 Å². The van der Waals surface area contributed by atoms with Gasteiger partial charge < -0.3 is 19.1 Å². The van der Waals surface area contributed by atoms with Crippen molar-refractivity contribution in [2.24, 2.45) is 0 Å². The Morgan fingerprint density at radius 2 is 1.41 bits per heavy atom. The van der Waals surface area contributed by atoms with E-state index in [0.717, 1.165) is 29.3 Å². The van der Waals surface area contributed by atoms with Gasteiger partial charge in [0.1, 0.15) is 11.5 Å². The molecule has 0 aliphatic heterocycles. The van der Waals surface area contributed by atoms with Gasteiger partial charge in [0.2, 0.25) is 0 Å². The fraction of sp³-hybridized carbons (Fsp3) is 0.0769. The number of para-hydroxylation sites is 1. The van der Waals surface area contributed by atoms with Crippen LogP contribution < -0.4 is 19.1 Å². The van der Waals surface area contributed by atoms with Crippen molar-refractivity contribution in [3.63, 3.8) is 0 Å². The Morgan fingerprint density at radius 3 is 2.03 bits per heavy atom. The van der Waals surface area contributed by atoms with Gasteiger partial charge in [0.25, 0.3) is 0 Å². The minimum atomic E-state index is -0.641. The number of benzene rings is 3. The lowest BCUT2D eigenvalue weighted by molar-refractivity contribution is -0.129. The lowest BCUT2D eigenvalue weighted by Gasteiger charge is -2.27. The van der Waals surface area contributed by atoms with Crippen LogP contribution in [-0.4, -0.2) is 18.5 Å². The summed E-state index contributed by atoms with van der Waals surface area (Å²) in [4.78, 5) is 25.6. The van der Waals surface area contributed by atoms with Gasteiger partial charge in [-0.25, -0.2) is 9.59 Å². The summed E-state index contributed by atoms with van der Waals surface area (Å²) in [5.74, 6) is -0.107. The number of anilines is 3. The molecule has 0 spiro atoms. The smallest absolute Gasteiger partial charge is 0.335 e. The van der Waals surface area contributed by atoms with Crippen LogP contribution in [0.3, 0.4) is 0 Å². The topological polar surface area (TPSA) is 65.1 Å². The van der Waals surface area contributed by atoms with Crippen LogP contribution in [0, 0.1) is 0 Å². The van der Waals surface area contributed by atoms with Crippen molar-refractivity contribution in [1.29, 1.82) is 0 Å². The third-order valence-electron chi connectivity index (χ3n) is 4.35. The van der Waals surface area contributed by atoms with Gasteiger partial charge in [-0.2, -0.15) is 0 Å². The number of nitrogens with zero attached hydrogens (tertiary/aromatic N) is 1. The highest BCUT2D eigenvalue weighted by Gasteiger charge is 2.20. The van der Waals surface area contributed by atoms with E-state index in [9.17, 15) is 9.59 Å². The summed E-state index contributed by atoms with van der Waals surface area (Å²) in [6, 6.07) is 21.9. The molecule has 6 nitrogen and oxygen atoms in total. The molecule has 0 heterocycles. The minimum absolute atomic E-state index is 0.196. The first-order chi connectivity index (χ1) is 15.5. The van der Waals surface area contributed by atoms with Crippen LogP contribution in [0.25, 0.3) is 0 Å². The molecule has 0 aliphatic carbocycles. The van der Waals surface area contributed by atoms with E-state index in [1.54, 1.807) is 12.1 Å². The van der Waals surface area contributed by atoms with Crippen molar-refractivity contribution < 1.29 is 23.8 Å². The molecule has 162 valence electrons. The molecular formula is C26H23NO5. The first-order valence-electron chi connectivity index (χ1n) is 9.96. The van der Waals surface area contributed by atoms with Crippen molar-refractivity contribution in [2.45, 2.75) is 6.92 Å². The SMILES string of the molecule is C=CC(=O)Oc1ccc(N(c2ccccc2)c2ccc(OCC)cc2)c(OC(=O)C=C)c1. The van der Waals surface area contributed by atoms with Gasteiger partial charge >= 0.3 is 11.9 Å². The van der Waals surface area contributed by atoms with Crippen molar-refractivity contribution in [1.82, 2.24) is 0 Å². The van der Waals surface area contributed by atoms with Crippen LogP contribution in [0.2, 0.25) is 0 Å². The molecule has 0 saturated heterocycles. The van der Waals surface area contributed by atoms with Gasteiger partial charge in [0, 0.05) is 29.6 Å². The quantitative estimate of drug-likeness (QED) is 0.246. The standard InChI is InChI=1S/C26H23NO5/c1-4-25(28)31-22-16-17-23(24(18-22)32-26(29)5-2)27(19-10-8-7-9-11-19)20-12-14-21(15-13-20)30-6-3/h4-5,7-18H,1-2,6H2,3H3. The number of carbonyl (C=O) groups excluding carboxylic acids is 2. The Kier molecular flexibility index (Phi) is 7.43. The normalized spacial score (nSPS) is 10.0. The molecule has 0 fully saturated rings. The molecule has 0 N–H and O–H groups in total. The lowest BCUT2D eigenvalue weighted by atomic mass is 10.1. The monoisotopic (exact) mass is 429 g/mol. The predicted octanol–water partition coefficient (Wildman–Crippen LogP) is 5.74. The molecule has 0 atom stereocenters. The number of hydrogen-bond donors (Lipinski definition) is 0. The minimum Gasteiger partial charge on any atom is -0.494 e. The molecule has 0 unspecified atom stereocenters. The Balaban J connectivity index is 2.13. The van der Waals surface area contributed by atoms with E-state index in [1.165, 1.54) is 6.07 Å². The highest BCUT2D eigenvalue weighted by molar-refractivity contribution is 5.88. The van der Waals surface area contributed by atoms with Crippen LogP contribution >= 0.6 is 0 Å². The van der Waals surface area contributed by atoms with Crippen LogP contribution in [0.4, 0.5) is 17.1 Å². The molecule has 3 aromatic rings. The van der Waals surface area contributed by atoms with E-state index in [2.05, 4.69) is 13.2 Å². The first kappa shape index (κ1) is 22.4. The zero-order chi connectivity index (χ0) is 22.9. The average molecular weight is 429 g/mol. The molecule has 0 radical (unpaired) electrons. The summed E-state index contributed by atoms with van der Waals surface area (Å²) in [5, 5.41) is 0. The molecular weight excluding hydrogens is 406 g/mol. The van der Waals surface area contributed by atoms with Crippen LogP contribution in [0.1, 0.15) is 6.92 Å². The Hall–Kier alpha value is -4.32. The van der Waals surface area contributed by atoms with E-state index >= 15 is 0 Å². The van der Waals surface area contributed by atoms with Crippen LogP contribution in [0.15, 0.2) is 98.1 Å². The zero-order valence-corrected chi connectivity index (χ0v) is 17.7. The number of hydrogen-bond acceptors (Lipinski definition) is 6. The molecule has 0 bridgehead atoms. The van der Waals surface area contributed by atoms with Crippen LogP contribution in [-0.2, 0) is 9.59 Å². The molecule has 6 heteroatoms. The molecule has 32 heavy (non-hydrogen) atoms. The lowest BCUT2D eigenvalue weighted by Crippen LogP contribution is -2.14. The molecule has 3 rings (SSSR count). The second-order valence-electron chi connectivity index (χ2n) is 6.48. The highest BCUT2D eigenvalue weighted by atomic mass is 16.5. The van der Waals surface area contributed by atoms with E-state index < -0.39 is 11.9 Å². The molecule has 0 aromatic heterocycles. The van der Waals surface area contributed by atoms with Gasteiger partial charge in [0.05, 0.1) is 12.3 Å². The summed E-state index contributed by atoms with van der Waals surface area (Å²) in [5.41, 5.74) is 2.21. The Morgan fingerprint density at radius 1 is 0.812 bits per heavy atom. The molecule has 3 aromatic carbocycles. The van der Waals surface area contributed by atoms with Crippen LogP contribution in [0.5, 0.6) is 17.2 Å². The van der Waals surface area contributed by atoms with Gasteiger partial charge in [-0.1, -0.05) is 31.4 Å². The largest absolute Gasteiger partial charge is 0.494 e. The van der Waals surface area contributed by atoms with E-state index in [-0.39, 0.29) is 11.5 Å². The second-order valence-corrected chi connectivity index (χ2v) is 6.48. The highest BCUT2D eigenvalue weighted by Crippen LogP contribution is 2.42. The van der Waals surface area contributed by atoms with Crippen molar-refractivity contribution in [2.75, 3.05) is 11.5 Å². The number of rotatable bonds is 9. The maximum Gasteiger partial charge on any atom is 0.335 e. The summed E-state index contributed by atoms with van der Waals surface area (Å²) in [6.45, 7) is 9.34. The van der Waals surface area contributed by atoms with Gasteiger partial charge in [-0.05, 0) is 55.5 Å². The van der Waals surface area contributed by atoms with E-state index in [4.69, 9.17) is 14.2 Å². The fourth-order valence-electron chi connectivity index (χ4n) is 2.99. The average Bonchev–Trinajstić information content (AvgIpc) is 2.82. The molecule has 0 saturated carbocycles. The zero-order valence-electron chi connectivity index (χ0n) is 17.7. The van der Waals surface area contributed by atoms with Crippen molar-refractivity contribution >= 4 is 29.0 Å². The van der Waals surface area contributed by atoms with Crippen molar-refractivity contribution in [3.05, 3.63) is 98.1 Å². The second kappa shape index (κ2) is 10.6. The number of esters is 2. The van der Waals surface area contributed by atoms with Gasteiger partial charge in [0.15, 0.2) is 5.75 Å². The van der Waals surface area contributed by atoms with Gasteiger partial charge in [-0.15, -0.1) is 0 Å². The third-order valence-corrected chi connectivity index (χ3v) is 4.35. The maximum atomic E-state index is 12.0. The summed E-state index contributed by atoms with van der Waals surface area (Å²) >= 11 is 0. The summed E-state index contributed by atoms with van der Waals surface area (Å²) < 4.78 is 16.2. The number of carbonyl (C=O) groups is 2. The van der Waals surface area contributed by atoms with E-state index in [0.29, 0.717) is 12.3 Å². The predicted molar refractivity (Wildman–Crippen MR) is 124 cm³/mol.